The van der Waals surface area contributed by atoms with Gasteiger partial charge in [0.05, 0.1) is 16.3 Å². The van der Waals surface area contributed by atoms with E-state index in [9.17, 15) is 22.0 Å². The van der Waals surface area contributed by atoms with Crippen LogP contribution >= 0.6 is 11.3 Å². The van der Waals surface area contributed by atoms with Crippen LogP contribution in [0.5, 0.6) is 0 Å². The molecule has 2 N–H and O–H groups in total. The molecule has 0 spiro atoms. The molecule has 1 atom stereocenters. The number of amides is 1. The summed E-state index contributed by atoms with van der Waals surface area (Å²) in [5, 5.41) is 6.55. The third-order valence-corrected chi connectivity index (χ3v) is 9.13. The van der Waals surface area contributed by atoms with Crippen molar-refractivity contribution in [2.75, 3.05) is 23.5 Å². The Morgan fingerprint density at radius 2 is 1.95 bits per heavy atom. The first kappa shape index (κ1) is 27.7. The summed E-state index contributed by atoms with van der Waals surface area (Å²) in [7, 11) is -3.73. The van der Waals surface area contributed by atoms with E-state index in [-0.39, 0.29) is 45.1 Å². The van der Waals surface area contributed by atoms with Gasteiger partial charge in [-0.1, -0.05) is 0 Å². The van der Waals surface area contributed by atoms with Gasteiger partial charge < -0.3 is 15.4 Å². The molecule has 3 aromatic heterocycles. The molecule has 2 fully saturated rings. The van der Waals surface area contributed by atoms with Crippen molar-refractivity contribution in [1.82, 2.24) is 19.5 Å². The number of alkyl halides is 2. The monoisotopic (exact) mass is 602 g/mol. The number of hydrogen-bond acceptors (Lipinski definition) is 9. The zero-order valence-electron chi connectivity index (χ0n) is 22.4. The number of carbonyl (C=O) groups is 1. The number of halogens is 2. The zero-order chi connectivity index (χ0) is 28.9. The zero-order valence-corrected chi connectivity index (χ0v) is 24.0. The van der Waals surface area contributed by atoms with Gasteiger partial charge in [-0.05, 0) is 57.2 Å². The van der Waals surface area contributed by atoms with E-state index in [1.165, 1.54) is 28.0 Å². The summed E-state index contributed by atoms with van der Waals surface area (Å²) in [4.78, 5) is 26.7. The molecule has 6 rings (SSSR count). The van der Waals surface area contributed by atoms with E-state index in [1.54, 1.807) is 18.3 Å². The number of fused-ring (bicyclic) bond motifs is 1. The second-order valence-electron chi connectivity index (χ2n) is 10.3. The second-order valence-corrected chi connectivity index (χ2v) is 13.6. The maximum atomic E-state index is 14.3. The number of rotatable bonds is 8. The Kier molecular flexibility index (Phi) is 7.24. The lowest BCUT2D eigenvalue weighted by atomic mass is 10.2. The number of aryl methyl sites for hydroxylation is 1. The van der Waals surface area contributed by atoms with Gasteiger partial charge in [0, 0.05) is 41.5 Å². The Labute approximate surface area is 239 Å². The average Bonchev–Trinajstić information content (AvgIpc) is 3.58. The fourth-order valence-corrected chi connectivity index (χ4v) is 6.50. The molecule has 1 aliphatic carbocycles. The molecule has 1 aromatic carbocycles. The highest BCUT2D eigenvalue weighted by molar-refractivity contribution is 7.90. The molecule has 10 nitrogen and oxygen atoms in total. The van der Waals surface area contributed by atoms with E-state index >= 15 is 0 Å². The highest BCUT2D eigenvalue weighted by atomic mass is 32.2. The van der Waals surface area contributed by atoms with E-state index < -0.39 is 28.3 Å². The van der Waals surface area contributed by atoms with Gasteiger partial charge >= 0.3 is 0 Å². The molecule has 1 aliphatic heterocycles. The highest BCUT2D eigenvalue weighted by Gasteiger charge is 2.32. The minimum atomic E-state index is -3.73. The summed E-state index contributed by atoms with van der Waals surface area (Å²) in [6.45, 7) is 2.33. The summed E-state index contributed by atoms with van der Waals surface area (Å²) in [6, 6.07) is 6.36. The lowest BCUT2D eigenvalue weighted by molar-refractivity contribution is -0.117. The summed E-state index contributed by atoms with van der Waals surface area (Å²) in [5.41, 5.74) is 1.29. The van der Waals surface area contributed by atoms with E-state index in [0.717, 1.165) is 36.8 Å². The number of thiazole rings is 1. The molecule has 4 heterocycles. The first-order valence-corrected chi connectivity index (χ1v) is 16.0. The number of imidazole rings is 1. The van der Waals surface area contributed by atoms with Crippen molar-refractivity contribution in [1.29, 1.82) is 0 Å². The number of benzene rings is 1. The Morgan fingerprint density at radius 1 is 1.15 bits per heavy atom. The number of nitrogens with zero attached hydrogens (tertiary/aromatic N) is 4. The molecule has 4 aromatic rings. The molecule has 1 unspecified atom stereocenters. The Bertz CT molecular complexity index is 1740. The van der Waals surface area contributed by atoms with Crippen LogP contribution in [0.15, 0.2) is 35.4 Å². The molecule has 41 heavy (non-hydrogen) atoms. The number of hydrogen-bond donors (Lipinski definition) is 2. The number of aromatic nitrogens is 4. The predicted molar refractivity (Wildman–Crippen MR) is 151 cm³/mol. The highest BCUT2D eigenvalue weighted by Crippen LogP contribution is 2.39. The van der Waals surface area contributed by atoms with Gasteiger partial charge in [0.15, 0.2) is 21.3 Å². The number of anilines is 3. The van der Waals surface area contributed by atoms with Crippen LogP contribution in [0.2, 0.25) is 0 Å². The van der Waals surface area contributed by atoms with Crippen molar-refractivity contribution in [2.24, 2.45) is 5.92 Å². The summed E-state index contributed by atoms with van der Waals surface area (Å²) in [5.74, 6) is -0.695. The molecule has 14 heteroatoms. The quantitative estimate of drug-likeness (QED) is 0.252. The van der Waals surface area contributed by atoms with E-state index in [1.807, 2.05) is 6.92 Å². The second kappa shape index (κ2) is 10.7. The van der Waals surface area contributed by atoms with Crippen molar-refractivity contribution in [3.8, 4) is 10.6 Å². The van der Waals surface area contributed by atoms with Crippen molar-refractivity contribution in [3.05, 3.63) is 41.2 Å². The van der Waals surface area contributed by atoms with Crippen LogP contribution in [0, 0.1) is 12.8 Å². The van der Waals surface area contributed by atoms with Crippen LogP contribution in [0.1, 0.15) is 55.5 Å². The van der Waals surface area contributed by atoms with Crippen LogP contribution in [0.25, 0.3) is 21.7 Å². The van der Waals surface area contributed by atoms with E-state index in [2.05, 4.69) is 25.6 Å². The van der Waals surface area contributed by atoms with Gasteiger partial charge in [-0.15, -0.1) is 11.3 Å². The molecule has 216 valence electrons. The molecule has 1 saturated carbocycles. The maximum Gasteiger partial charge on any atom is 0.295 e. The number of carbonyl (C=O) groups excluding carboxylic acids is 1. The van der Waals surface area contributed by atoms with Gasteiger partial charge in [0.1, 0.15) is 22.6 Å². The Balaban J connectivity index is 1.50. The first-order valence-electron chi connectivity index (χ1n) is 13.3. The van der Waals surface area contributed by atoms with Crippen LogP contribution in [0.3, 0.4) is 0 Å². The van der Waals surface area contributed by atoms with Crippen molar-refractivity contribution < 1.29 is 26.7 Å². The fourth-order valence-electron chi connectivity index (χ4n) is 4.88. The van der Waals surface area contributed by atoms with Crippen LogP contribution in [0.4, 0.5) is 26.0 Å². The summed E-state index contributed by atoms with van der Waals surface area (Å²) >= 11 is 1.44. The molecular weight excluding hydrogens is 574 g/mol. The third kappa shape index (κ3) is 5.68. The van der Waals surface area contributed by atoms with Crippen LogP contribution in [-0.2, 0) is 19.4 Å². The lowest BCUT2D eigenvalue weighted by Crippen LogP contribution is -2.21. The van der Waals surface area contributed by atoms with E-state index in [4.69, 9.17) is 4.74 Å². The molecular formula is C27H28F2N6O4S2. The SMILES string of the molecule is Cc1cnc(-c2ccc(Nc3cc(NC(=O)C4CC4)nc4c3nc(C(F)F)n4C3CCCCO3)c(S(C)(=O)=O)c2)s1. The molecule has 2 aliphatic rings. The third-order valence-electron chi connectivity index (χ3n) is 7.03. The minimum absolute atomic E-state index is 0.000473. The fraction of sp³-hybridized carbons (Fsp3) is 0.407. The number of sulfone groups is 1. The van der Waals surface area contributed by atoms with Crippen molar-refractivity contribution in [3.63, 3.8) is 0 Å². The topological polar surface area (TPSA) is 128 Å². The summed E-state index contributed by atoms with van der Waals surface area (Å²) in [6.07, 6.45) is 2.85. The Morgan fingerprint density at radius 3 is 2.59 bits per heavy atom. The van der Waals surface area contributed by atoms with Gasteiger partial charge in [-0.3, -0.25) is 9.36 Å². The summed E-state index contributed by atoms with van der Waals surface area (Å²) < 4.78 is 61.5. The average molecular weight is 603 g/mol. The molecule has 1 amide bonds. The van der Waals surface area contributed by atoms with Gasteiger partial charge in [-0.25, -0.2) is 32.2 Å². The molecule has 0 radical (unpaired) electrons. The number of nitrogens with one attached hydrogen (secondary N) is 2. The van der Waals surface area contributed by atoms with Crippen molar-refractivity contribution in [2.45, 2.75) is 56.6 Å². The Hall–Kier alpha value is -3.49. The van der Waals surface area contributed by atoms with Gasteiger partial charge in [0.25, 0.3) is 6.43 Å². The van der Waals surface area contributed by atoms with Crippen LogP contribution in [-0.4, -0.2) is 46.7 Å². The minimum Gasteiger partial charge on any atom is -0.358 e. The normalized spacial score (nSPS) is 17.7. The number of pyridine rings is 1. The van der Waals surface area contributed by atoms with Gasteiger partial charge in [-0.2, -0.15) is 0 Å². The van der Waals surface area contributed by atoms with Crippen LogP contribution < -0.4 is 10.6 Å². The standard InChI is InChI=1S/C27H28F2N6O4S2/c1-14-13-30-27(40-14)16-8-9-17(19(11-16)41(2,37)38)31-18-12-20(33-26(36)15-6-7-15)32-24-22(18)34-25(23(28)29)35(24)21-5-3-4-10-39-21/h8-9,11-13,15,21,23H,3-7,10H2,1-2H3,(H2,31,32,33,36). The first-order chi connectivity index (χ1) is 19.6. The van der Waals surface area contributed by atoms with Crippen molar-refractivity contribution >= 4 is 55.4 Å². The van der Waals surface area contributed by atoms with E-state index in [0.29, 0.717) is 23.6 Å². The smallest absolute Gasteiger partial charge is 0.295 e. The number of ether oxygens (including phenoxy) is 1. The molecule has 1 saturated heterocycles. The maximum absolute atomic E-state index is 14.3. The largest absolute Gasteiger partial charge is 0.358 e. The predicted octanol–water partition coefficient (Wildman–Crippen LogP) is 6.00. The van der Waals surface area contributed by atoms with Gasteiger partial charge in [0.2, 0.25) is 5.91 Å². The lowest BCUT2D eigenvalue weighted by Gasteiger charge is -2.25. The molecule has 0 bridgehead atoms.